The molecule has 0 radical (unpaired) electrons. The molecular formula is C20H16N2OS3. The van der Waals surface area contributed by atoms with Gasteiger partial charge in [0.2, 0.25) is 5.91 Å². The zero-order chi connectivity index (χ0) is 17.8. The second kappa shape index (κ2) is 8.03. The van der Waals surface area contributed by atoms with Gasteiger partial charge in [0.05, 0.1) is 16.0 Å². The van der Waals surface area contributed by atoms with Crippen LogP contribution in [0.3, 0.4) is 0 Å². The summed E-state index contributed by atoms with van der Waals surface area (Å²) in [6, 6.07) is 20.1. The molecule has 2 aromatic heterocycles. The van der Waals surface area contributed by atoms with Gasteiger partial charge in [-0.05, 0) is 29.6 Å². The van der Waals surface area contributed by atoms with Crippen LogP contribution in [0, 0.1) is 0 Å². The Morgan fingerprint density at radius 1 is 1.04 bits per heavy atom. The number of nitrogens with zero attached hydrogens (tertiary/aromatic N) is 1. The molecule has 1 amide bonds. The second-order valence-corrected chi connectivity index (χ2v) is 8.69. The predicted octanol–water partition coefficient (Wildman–Crippen LogP) is 5.90. The molecule has 0 saturated carbocycles. The topological polar surface area (TPSA) is 42.0 Å². The maximum atomic E-state index is 12.4. The summed E-state index contributed by atoms with van der Waals surface area (Å²) in [5.41, 5.74) is 2.95. The number of amides is 1. The fourth-order valence-corrected chi connectivity index (χ4v) is 5.25. The Balaban J connectivity index is 1.36. The standard InChI is InChI=1S/C20H16N2OS3/c23-19(12-24-13-20-22-16-8-3-4-9-18(16)26-20)21-15-7-2-1-6-14(15)17-10-5-11-25-17/h1-11H,12-13H2,(H,21,23). The van der Waals surface area contributed by atoms with Crippen LogP contribution in [0.2, 0.25) is 0 Å². The summed E-state index contributed by atoms with van der Waals surface area (Å²) in [7, 11) is 0. The Morgan fingerprint density at radius 3 is 2.73 bits per heavy atom. The summed E-state index contributed by atoms with van der Waals surface area (Å²) in [4.78, 5) is 18.1. The zero-order valence-corrected chi connectivity index (χ0v) is 16.3. The number of thioether (sulfide) groups is 1. The molecule has 0 fully saturated rings. The maximum absolute atomic E-state index is 12.4. The third kappa shape index (κ3) is 3.98. The summed E-state index contributed by atoms with van der Waals surface area (Å²) < 4.78 is 1.19. The van der Waals surface area contributed by atoms with Gasteiger partial charge >= 0.3 is 0 Å². The number of hydrogen-bond acceptors (Lipinski definition) is 5. The molecule has 0 saturated heterocycles. The van der Waals surface area contributed by atoms with Crippen LogP contribution in [-0.2, 0) is 10.5 Å². The largest absolute Gasteiger partial charge is 0.325 e. The Hall–Kier alpha value is -2.15. The van der Waals surface area contributed by atoms with Gasteiger partial charge in [0.25, 0.3) is 0 Å². The summed E-state index contributed by atoms with van der Waals surface area (Å²) in [6.07, 6.45) is 0. The molecule has 0 spiro atoms. The molecule has 0 aliphatic rings. The first-order chi connectivity index (χ1) is 12.8. The molecule has 2 heterocycles. The lowest BCUT2D eigenvalue weighted by Crippen LogP contribution is -2.14. The number of anilines is 1. The van der Waals surface area contributed by atoms with E-state index in [-0.39, 0.29) is 5.91 Å². The van der Waals surface area contributed by atoms with Crippen molar-refractivity contribution in [3.05, 3.63) is 71.1 Å². The molecule has 0 aliphatic carbocycles. The molecule has 4 rings (SSSR count). The van der Waals surface area contributed by atoms with Crippen LogP contribution in [0.15, 0.2) is 66.0 Å². The van der Waals surface area contributed by atoms with Crippen molar-refractivity contribution in [2.24, 2.45) is 0 Å². The van der Waals surface area contributed by atoms with Crippen LogP contribution >= 0.6 is 34.4 Å². The predicted molar refractivity (Wildman–Crippen MR) is 114 cm³/mol. The highest BCUT2D eigenvalue weighted by Crippen LogP contribution is 2.31. The van der Waals surface area contributed by atoms with Crippen molar-refractivity contribution in [2.75, 3.05) is 11.1 Å². The first kappa shape index (κ1) is 17.3. The molecule has 0 bridgehead atoms. The van der Waals surface area contributed by atoms with Crippen molar-refractivity contribution >= 4 is 56.2 Å². The van der Waals surface area contributed by atoms with E-state index in [2.05, 4.69) is 22.4 Å². The second-order valence-electron chi connectivity index (χ2n) is 5.64. The molecule has 26 heavy (non-hydrogen) atoms. The van der Waals surface area contributed by atoms with Crippen LogP contribution in [-0.4, -0.2) is 16.6 Å². The molecule has 130 valence electrons. The van der Waals surface area contributed by atoms with E-state index in [1.807, 2.05) is 53.9 Å². The molecular weight excluding hydrogens is 380 g/mol. The van der Waals surface area contributed by atoms with E-state index in [1.165, 1.54) is 4.70 Å². The average molecular weight is 397 g/mol. The molecule has 2 aromatic carbocycles. The third-order valence-corrected chi connectivity index (χ3v) is 6.85. The monoisotopic (exact) mass is 396 g/mol. The fourth-order valence-electron chi connectivity index (χ4n) is 2.64. The van der Waals surface area contributed by atoms with E-state index < -0.39 is 0 Å². The molecule has 3 nitrogen and oxygen atoms in total. The van der Waals surface area contributed by atoms with E-state index in [0.717, 1.165) is 32.4 Å². The van der Waals surface area contributed by atoms with Crippen molar-refractivity contribution < 1.29 is 4.79 Å². The van der Waals surface area contributed by atoms with E-state index in [4.69, 9.17) is 0 Å². The van der Waals surface area contributed by atoms with Crippen molar-refractivity contribution in [2.45, 2.75) is 5.75 Å². The number of fused-ring (bicyclic) bond motifs is 1. The van der Waals surface area contributed by atoms with Crippen molar-refractivity contribution in [1.82, 2.24) is 4.98 Å². The van der Waals surface area contributed by atoms with E-state index in [9.17, 15) is 4.79 Å². The number of benzene rings is 2. The highest BCUT2D eigenvalue weighted by atomic mass is 32.2. The number of aromatic nitrogens is 1. The minimum Gasteiger partial charge on any atom is -0.325 e. The molecule has 0 aliphatic heterocycles. The van der Waals surface area contributed by atoms with Gasteiger partial charge in [0.1, 0.15) is 5.01 Å². The molecule has 0 unspecified atom stereocenters. The Kier molecular flexibility index (Phi) is 5.34. The smallest absolute Gasteiger partial charge is 0.234 e. The lowest BCUT2D eigenvalue weighted by Gasteiger charge is -2.09. The summed E-state index contributed by atoms with van der Waals surface area (Å²) >= 11 is 4.95. The van der Waals surface area contributed by atoms with Crippen molar-refractivity contribution in [1.29, 1.82) is 0 Å². The van der Waals surface area contributed by atoms with Crippen LogP contribution < -0.4 is 5.32 Å². The number of rotatable bonds is 6. The van der Waals surface area contributed by atoms with E-state index in [1.54, 1.807) is 34.4 Å². The quantitative estimate of drug-likeness (QED) is 0.441. The molecule has 4 aromatic rings. The van der Waals surface area contributed by atoms with Gasteiger partial charge in [0, 0.05) is 21.9 Å². The Labute approximate surface area is 164 Å². The number of carbonyl (C=O) groups excluding carboxylic acids is 1. The highest BCUT2D eigenvalue weighted by Gasteiger charge is 2.10. The Morgan fingerprint density at radius 2 is 1.88 bits per heavy atom. The van der Waals surface area contributed by atoms with Gasteiger partial charge in [-0.2, -0.15) is 0 Å². The lowest BCUT2D eigenvalue weighted by atomic mass is 10.1. The van der Waals surface area contributed by atoms with Gasteiger partial charge in [0.15, 0.2) is 0 Å². The third-order valence-electron chi connectivity index (χ3n) is 3.78. The number of para-hydroxylation sites is 2. The number of carbonyl (C=O) groups is 1. The normalized spacial score (nSPS) is 10.9. The van der Waals surface area contributed by atoms with Gasteiger partial charge in [-0.1, -0.05) is 36.4 Å². The van der Waals surface area contributed by atoms with E-state index in [0.29, 0.717) is 5.75 Å². The Bertz CT molecular complexity index is 991. The summed E-state index contributed by atoms with van der Waals surface area (Å²) in [6.45, 7) is 0. The van der Waals surface area contributed by atoms with Crippen molar-refractivity contribution in [3.63, 3.8) is 0 Å². The van der Waals surface area contributed by atoms with Gasteiger partial charge in [-0.25, -0.2) is 4.98 Å². The molecule has 6 heteroatoms. The van der Waals surface area contributed by atoms with Gasteiger partial charge in [-0.3, -0.25) is 4.79 Å². The number of nitrogens with one attached hydrogen (secondary N) is 1. The zero-order valence-electron chi connectivity index (χ0n) is 13.8. The van der Waals surface area contributed by atoms with E-state index >= 15 is 0 Å². The number of thiazole rings is 1. The first-order valence-electron chi connectivity index (χ1n) is 8.14. The maximum Gasteiger partial charge on any atom is 0.234 e. The number of thiophene rings is 1. The first-order valence-corrected chi connectivity index (χ1v) is 11.0. The SMILES string of the molecule is O=C(CSCc1nc2ccccc2s1)Nc1ccccc1-c1cccs1. The minimum absolute atomic E-state index is 0.0140. The van der Waals surface area contributed by atoms with Crippen molar-refractivity contribution in [3.8, 4) is 10.4 Å². The minimum atomic E-state index is 0.0140. The van der Waals surface area contributed by atoms with Gasteiger partial charge in [-0.15, -0.1) is 34.4 Å². The fraction of sp³-hybridized carbons (Fsp3) is 0.100. The van der Waals surface area contributed by atoms with Crippen LogP contribution in [0.1, 0.15) is 5.01 Å². The molecule has 0 atom stereocenters. The molecule has 1 N–H and O–H groups in total. The summed E-state index contributed by atoms with van der Waals surface area (Å²) in [5, 5.41) is 6.14. The summed E-state index contributed by atoms with van der Waals surface area (Å²) in [5.74, 6) is 1.17. The lowest BCUT2D eigenvalue weighted by molar-refractivity contribution is -0.113. The van der Waals surface area contributed by atoms with Crippen LogP contribution in [0.4, 0.5) is 5.69 Å². The number of hydrogen-bond donors (Lipinski definition) is 1. The van der Waals surface area contributed by atoms with Gasteiger partial charge < -0.3 is 5.32 Å². The highest BCUT2D eigenvalue weighted by molar-refractivity contribution is 7.99. The van der Waals surface area contributed by atoms with Crippen LogP contribution in [0.5, 0.6) is 0 Å². The average Bonchev–Trinajstić information content (AvgIpc) is 3.31. The van der Waals surface area contributed by atoms with Crippen LogP contribution in [0.25, 0.3) is 20.7 Å².